The second-order valence-electron chi connectivity index (χ2n) is 3.64. The minimum absolute atomic E-state index is 0.457. The second kappa shape index (κ2) is 4.84. The van der Waals surface area contributed by atoms with E-state index in [1.807, 2.05) is 0 Å². The number of carboxylic acids is 1. The number of benzene rings is 1. The lowest BCUT2D eigenvalue weighted by Crippen LogP contribution is -2.36. The Kier molecular flexibility index (Phi) is 3.93. The Labute approximate surface area is 102 Å². The molecule has 0 aliphatic heterocycles. The van der Waals surface area contributed by atoms with Gasteiger partial charge in [0.2, 0.25) is 0 Å². The van der Waals surface area contributed by atoms with E-state index in [1.165, 1.54) is 14.0 Å². The number of ether oxygens (including phenoxy) is 1. The molecule has 0 heterocycles. The van der Waals surface area contributed by atoms with Crippen LogP contribution >= 0.6 is 15.9 Å². The molecule has 1 atom stereocenters. The van der Waals surface area contributed by atoms with Crippen LogP contribution in [0, 0.1) is 0 Å². The van der Waals surface area contributed by atoms with E-state index in [0.29, 0.717) is 15.8 Å². The van der Waals surface area contributed by atoms with E-state index in [2.05, 4.69) is 15.9 Å². The van der Waals surface area contributed by atoms with Gasteiger partial charge >= 0.3 is 5.97 Å². The average Bonchev–Trinajstić information content (AvgIpc) is 2.27. The van der Waals surface area contributed by atoms with Crippen LogP contribution in [0.3, 0.4) is 0 Å². The van der Waals surface area contributed by atoms with Crippen LogP contribution in [-0.2, 0) is 10.2 Å². The highest BCUT2D eigenvalue weighted by Gasteiger charge is 2.34. The summed E-state index contributed by atoms with van der Waals surface area (Å²) < 4.78 is 5.71. The molecule has 0 spiro atoms. The van der Waals surface area contributed by atoms with Gasteiger partial charge in [-0.05, 0) is 40.5 Å². The third-order valence-electron chi connectivity index (χ3n) is 2.58. The van der Waals surface area contributed by atoms with Gasteiger partial charge in [-0.2, -0.15) is 0 Å². The number of aliphatic hydroxyl groups excluding tert-OH is 1. The second-order valence-corrected chi connectivity index (χ2v) is 4.50. The maximum atomic E-state index is 11.1. The first kappa shape index (κ1) is 13.0. The van der Waals surface area contributed by atoms with Gasteiger partial charge in [-0.15, -0.1) is 0 Å². The average molecular weight is 289 g/mol. The molecule has 0 saturated heterocycles. The minimum Gasteiger partial charge on any atom is -0.496 e. The summed E-state index contributed by atoms with van der Waals surface area (Å²) in [5.41, 5.74) is -0.774. The molecule has 0 aliphatic carbocycles. The van der Waals surface area contributed by atoms with Crippen molar-refractivity contribution >= 4 is 21.9 Å². The van der Waals surface area contributed by atoms with E-state index in [-0.39, 0.29) is 0 Å². The van der Waals surface area contributed by atoms with Crippen molar-refractivity contribution in [2.45, 2.75) is 12.3 Å². The molecule has 0 bridgehead atoms. The summed E-state index contributed by atoms with van der Waals surface area (Å²) in [6.07, 6.45) is 0. The van der Waals surface area contributed by atoms with E-state index in [0.717, 1.165) is 0 Å². The van der Waals surface area contributed by atoms with Crippen molar-refractivity contribution in [2.75, 3.05) is 13.7 Å². The highest BCUT2D eigenvalue weighted by Crippen LogP contribution is 2.31. The summed E-state index contributed by atoms with van der Waals surface area (Å²) >= 11 is 3.28. The lowest BCUT2D eigenvalue weighted by Gasteiger charge is -2.23. The van der Waals surface area contributed by atoms with Gasteiger partial charge in [-0.25, -0.2) is 0 Å². The zero-order valence-electron chi connectivity index (χ0n) is 9.03. The number of hydrogen-bond donors (Lipinski definition) is 2. The standard InChI is InChI=1S/C11H13BrO4/c1-11(6-13,10(14)15)7-3-4-9(16-2)8(12)5-7/h3-5,13H,6H2,1-2H3,(H,14,15). The van der Waals surface area contributed by atoms with E-state index < -0.39 is 18.0 Å². The van der Waals surface area contributed by atoms with Crippen LogP contribution in [0.4, 0.5) is 0 Å². The summed E-state index contributed by atoms with van der Waals surface area (Å²) in [4.78, 5) is 11.1. The summed E-state index contributed by atoms with van der Waals surface area (Å²) in [5, 5.41) is 18.3. The van der Waals surface area contributed by atoms with E-state index >= 15 is 0 Å². The van der Waals surface area contributed by atoms with Gasteiger partial charge in [-0.1, -0.05) is 6.07 Å². The number of carbonyl (C=O) groups is 1. The summed E-state index contributed by atoms with van der Waals surface area (Å²) in [7, 11) is 1.53. The fourth-order valence-electron chi connectivity index (χ4n) is 1.29. The predicted octanol–water partition coefficient (Wildman–Crippen LogP) is 1.79. The predicted molar refractivity (Wildman–Crippen MR) is 62.8 cm³/mol. The Morgan fingerprint density at radius 2 is 2.19 bits per heavy atom. The van der Waals surface area contributed by atoms with Crippen molar-refractivity contribution in [1.29, 1.82) is 0 Å². The number of rotatable bonds is 4. The SMILES string of the molecule is COc1ccc(C(C)(CO)C(=O)O)cc1Br. The zero-order valence-corrected chi connectivity index (χ0v) is 10.6. The van der Waals surface area contributed by atoms with Gasteiger partial charge in [0, 0.05) is 0 Å². The largest absolute Gasteiger partial charge is 0.496 e. The lowest BCUT2D eigenvalue weighted by atomic mass is 9.83. The van der Waals surface area contributed by atoms with Crippen LogP contribution in [-0.4, -0.2) is 29.9 Å². The Bertz CT molecular complexity index is 405. The van der Waals surface area contributed by atoms with Crippen molar-refractivity contribution in [3.8, 4) is 5.75 Å². The molecule has 5 heteroatoms. The molecule has 1 unspecified atom stereocenters. The number of carboxylic acid groups (broad SMARTS) is 1. The van der Waals surface area contributed by atoms with Crippen LogP contribution in [0.25, 0.3) is 0 Å². The number of methoxy groups -OCH3 is 1. The smallest absolute Gasteiger partial charge is 0.316 e. The molecule has 0 aliphatic rings. The first-order valence-corrected chi connectivity index (χ1v) is 5.43. The van der Waals surface area contributed by atoms with Crippen molar-refractivity contribution in [3.63, 3.8) is 0 Å². The van der Waals surface area contributed by atoms with Crippen molar-refractivity contribution in [3.05, 3.63) is 28.2 Å². The highest BCUT2D eigenvalue weighted by molar-refractivity contribution is 9.10. The minimum atomic E-state index is -1.30. The molecule has 0 amide bonds. The quantitative estimate of drug-likeness (QED) is 0.887. The van der Waals surface area contributed by atoms with Crippen molar-refractivity contribution < 1.29 is 19.7 Å². The van der Waals surface area contributed by atoms with Gasteiger partial charge in [-0.3, -0.25) is 4.79 Å². The van der Waals surface area contributed by atoms with Gasteiger partial charge < -0.3 is 14.9 Å². The fraction of sp³-hybridized carbons (Fsp3) is 0.364. The molecule has 16 heavy (non-hydrogen) atoms. The third-order valence-corrected chi connectivity index (χ3v) is 3.20. The fourth-order valence-corrected chi connectivity index (χ4v) is 1.83. The molecule has 4 nitrogen and oxygen atoms in total. The van der Waals surface area contributed by atoms with Crippen LogP contribution in [0.2, 0.25) is 0 Å². The van der Waals surface area contributed by atoms with Crippen LogP contribution in [0.1, 0.15) is 12.5 Å². The molecule has 1 aromatic carbocycles. The van der Waals surface area contributed by atoms with Gasteiger partial charge in [0.15, 0.2) is 0 Å². The topological polar surface area (TPSA) is 66.8 Å². The number of hydrogen-bond acceptors (Lipinski definition) is 3. The molecule has 0 aromatic heterocycles. The maximum Gasteiger partial charge on any atom is 0.316 e. The van der Waals surface area contributed by atoms with Crippen molar-refractivity contribution in [2.24, 2.45) is 0 Å². The summed E-state index contributed by atoms with van der Waals surface area (Å²) in [5.74, 6) is -0.443. The first-order valence-electron chi connectivity index (χ1n) is 4.64. The lowest BCUT2D eigenvalue weighted by molar-refractivity contribution is -0.144. The van der Waals surface area contributed by atoms with Crippen LogP contribution in [0.15, 0.2) is 22.7 Å². The number of halogens is 1. The van der Waals surface area contributed by atoms with E-state index in [1.54, 1.807) is 18.2 Å². The molecule has 0 radical (unpaired) electrons. The first-order chi connectivity index (χ1) is 7.45. The molecule has 88 valence electrons. The van der Waals surface area contributed by atoms with E-state index in [4.69, 9.17) is 9.84 Å². The van der Waals surface area contributed by atoms with Gasteiger partial charge in [0.05, 0.1) is 18.2 Å². The Morgan fingerprint density at radius 3 is 2.56 bits per heavy atom. The monoisotopic (exact) mass is 288 g/mol. The van der Waals surface area contributed by atoms with Crippen LogP contribution < -0.4 is 4.74 Å². The third kappa shape index (κ3) is 2.20. The summed E-state index contributed by atoms with van der Waals surface area (Å²) in [6.45, 7) is 1.02. The highest BCUT2D eigenvalue weighted by atomic mass is 79.9. The maximum absolute atomic E-state index is 11.1. The zero-order chi connectivity index (χ0) is 12.3. The molecule has 0 fully saturated rings. The molecule has 0 saturated carbocycles. The number of aliphatic carboxylic acids is 1. The normalized spacial score (nSPS) is 14.2. The van der Waals surface area contributed by atoms with Gasteiger partial charge in [0.1, 0.15) is 11.2 Å². The Hall–Kier alpha value is -1.07. The van der Waals surface area contributed by atoms with Gasteiger partial charge in [0.25, 0.3) is 0 Å². The van der Waals surface area contributed by atoms with Crippen LogP contribution in [0.5, 0.6) is 5.75 Å². The van der Waals surface area contributed by atoms with E-state index in [9.17, 15) is 9.90 Å². The van der Waals surface area contributed by atoms with Crippen molar-refractivity contribution in [1.82, 2.24) is 0 Å². The molecule has 2 N–H and O–H groups in total. The number of aliphatic hydroxyl groups is 1. The molecular formula is C11H13BrO4. The molecule has 1 rings (SSSR count). The molecule has 1 aromatic rings. The molecular weight excluding hydrogens is 276 g/mol. The summed E-state index contributed by atoms with van der Waals surface area (Å²) in [6, 6.07) is 4.94. The Morgan fingerprint density at radius 1 is 1.56 bits per heavy atom. The Balaban J connectivity index is 3.23.